The number of anilines is 2. The van der Waals surface area contributed by atoms with E-state index in [0.29, 0.717) is 12.0 Å². The standard InChI is InChI=1S/C18H22ClN3.C2H4O2/c1-12(2)20-10-14-11-21-18(9-17(14)13-6-7-13)22-16-5-3-4-15(19)8-16;1-2(3)4/h3-5,8-9,11-13,20H,6-7,10H2,1-2H3,(H,21,22);1H3,(H,3,4). The predicted molar refractivity (Wildman–Crippen MR) is 106 cm³/mol. The maximum atomic E-state index is 9.00. The minimum absolute atomic E-state index is 0.483. The van der Waals surface area contributed by atoms with Crippen molar-refractivity contribution in [2.45, 2.75) is 52.1 Å². The van der Waals surface area contributed by atoms with Crippen molar-refractivity contribution in [1.82, 2.24) is 10.3 Å². The molecule has 3 rings (SSSR count). The molecule has 0 aliphatic heterocycles. The van der Waals surface area contributed by atoms with Gasteiger partial charge in [-0.25, -0.2) is 4.98 Å². The Morgan fingerprint density at radius 3 is 2.62 bits per heavy atom. The van der Waals surface area contributed by atoms with Gasteiger partial charge in [-0.1, -0.05) is 31.5 Å². The highest BCUT2D eigenvalue weighted by molar-refractivity contribution is 6.30. The highest BCUT2D eigenvalue weighted by Gasteiger charge is 2.26. The molecule has 1 fully saturated rings. The van der Waals surface area contributed by atoms with E-state index < -0.39 is 5.97 Å². The van der Waals surface area contributed by atoms with Crippen LogP contribution in [0.2, 0.25) is 5.02 Å². The van der Waals surface area contributed by atoms with Crippen LogP contribution in [0, 0.1) is 0 Å². The van der Waals surface area contributed by atoms with E-state index in [1.165, 1.54) is 24.0 Å². The van der Waals surface area contributed by atoms with Gasteiger partial charge in [-0.3, -0.25) is 4.79 Å². The average Bonchev–Trinajstić information content (AvgIpc) is 3.38. The molecule has 2 aromatic rings. The third-order valence-corrected chi connectivity index (χ3v) is 4.07. The SMILES string of the molecule is CC(=O)O.CC(C)NCc1cnc(Nc2cccc(Cl)c2)cc1C1CC1. The zero-order valence-corrected chi connectivity index (χ0v) is 16.2. The van der Waals surface area contributed by atoms with E-state index >= 15 is 0 Å². The molecule has 1 aromatic heterocycles. The van der Waals surface area contributed by atoms with Crippen molar-refractivity contribution in [1.29, 1.82) is 0 Å². The molecule has 0 atom stereocenters. The number of aliphatic carboxylic acids is 1. The maximum absolute atomic E-state index is 9.00. The Balaban J connectivity index is 0.000000552. The number of carboxylic acid groups (broad SMARTS) is 1. The van der Waals surface area contributed by atoms with Gasteiger partial charge in [0, 0.05) is 36.4 Å². The number of hydrogen-bond donors (Lipinski definition) is 3. The molecule has 0 radical (unpaired) electrons. The summed E-state index contributed by atoms with van der Waals surface area (Å²) in [7, 11) is 0. The molecular weight excluding hydrogens is 350 g/mol. The quantitative estimate of drug-likeness (QED) is 0.666. The summed E-state index contributed by atoms with van der Waals surface area (Å²) in [5.74, 6) is 0.754. The van der Waals surface area contributed by atoms with E-state index in [4.69, 9.17) is 21.5 Å². The average molecular weight is 376 g/mol. The number of pyridine rings is 1. The predicted octanol–water partition coefficient (Wildman–Crippen LogP) is 4.94. The Hall–Kier alpha value is -2.11. The molecule has 0 unspecified atom stereocenters. The molecule has 6 heteroatoms. The number of nitrogens with one attached hydrogen (secondary N) is 2. The van der Waals surface area contributed by atoms with Crippen LogP contribution in [-0.2, 0) is 11.3 Å². The van der Waals surface area contributed by atoms with Crippen LogP contribution in [0.4, 0.5) is 11.5 Å². The molecule has 1 aromatic carbocycles. The first-order valence-corrected chi connectivity index (χ1v) is 9.17. The van der Waals surface area contributed by atoms with Gasteiger partial charge < -0.3 is 15.7 Å². The number of nitrogens with zero attached hydrogens (tertiary/aromatic N) is 1. The van der Waals surface area contributed by atoms with Crippen LogP contribution in [0.5, 0.6) is 0 Å². The molecule has 26 heavy (non-hydrogen) atoms. The molecule has 1 heterocycles. The number of benzene rings is 1. The lowest BCUT2D eigenvalue weighted by atomic mass is 10.1. The van der Waals surface area contributed by atoms with Crippen molar-refractivity contribution in [3.8, 4) is 0 Å². The molecule has 5 nitrogen and oxygen atoms in total. The second-order valence-electron chi connectivity index (χ2n) is 6.73. The molecule has 0 amide bonds. The molecule has 1 saturated carbocycles. The Bertz CT molecular complexity index is 742. The van der Waals surface area contributed by atoms with Crippen molar-refractivity contribution < 1.29 is 9.90 Å². The van der Waals surface area contributed by atoms with Gasteiger partial charge in [-0.2, -0.15) is 0 Å². The second kappa shape index (κ2) is 9.55. The number of hydrogen-bond acceptors (Lipinski definition) is 4. The van der Waals surface area contributed by atoms with Crippen LogP contribution in [-0.4, -0.2) is 22.1 Å². The summed E-state index contributed by atoms with van der Waals surface area (Å²) < 4.78 is 0. The zero-order valence-electron chi connectivity index (χ0n) is 15.4. The molecule has 140 valence electrons. The second-order valence-corrected chi connectivity index (χ2v) is 7.17. The fourth-order valence-electron chi connectivity index (χ4n) is 2.52. The van der Waals surface area contributed by atoms with E-state index in [2.05, 4.69) is 35.5 Å². The van der Waals surface area contributed by atoms with Crippen LogP contribution < -0.4 is 10.6 Å². The minimum Gasteiger partial charge on any atom is -0.481 e. The van der Waals surface area contributed by atoms with Gasteiger partial charge in [0.15, 0.2) is 0 Å². The molecule has 0 saturated heterocycles. The van der Waals surface area contributed by atoms with E-state index in [1.807, 2.05) is 30.5 Å². The van der Waals surface area contributed by atoms with Crippen molar-refractivity contribution in [2.24, 2.45) is 0 Å². The van der Waals surface area contributed by atoms with Gasteiger partial charge in [0.2, 0.25) is 0 Å². The lowest BCUT2D eigenvalue weighted by Gasteiger charge is -2.14. The first kappa shape index (κ1) is 20.2. The van der Waals surface area contributed by atoms with E-state index in [-0.39, 0.29) is 0 Å². The van der Waals surface area contributed by atoms with Crippen LogP contribution >= 0.6 is 11.6 Å². The smallest absolute Gasteiger partial charge is 0.300 e. The summed E-state index contributed by atoms with van der Waals surface area (Å²) in [6, 6.07) is 10.4. The van der Waals surface area contributed by atoms with Crippen LogP contribution in [0.15, 0.2) is 36.5 Å². The maximum Gasteiger partial charge on any atom is 0.300 e. The van der Waals surface area contributed by atoms with Crippen LogP contribution in [0.1, 0.15) is 50.7 Å². The fourth-order valence-corrected chi connectivity index (χ4v) is 2.71. The minimum atomic E-state index is -0.833. The monoisotopic (exact) mass is 375 g/mol. The Morgan fingerprint density at radius 2 is 2.04 bits per heavy atom. The highest BCUT2D eigenvalue weighted by atomic mass is 35.5. The fraction of sp³-hybridized carbons (Fsp3) is 0.400. The molecule has 0 bridgehead atoms. The van der Waals surface area contributed by atoms with E-state index in [9.17, 15) is 0 Å². The summed E-state index contributed by atoms with van der Waals surface area (Å²) in [4.78, 5) is 13.6. The van der Waals surface area contributed by atoms with E-state index in [1.54, 1.807) is 0 Å². The van der Waals surface area contributed by atoms with Gasteiger partial charge >= 0.3 is 0 Å². The summed E-state index contributed by atoms with van der Waals surface area (Å²) in [6.07, 6.45) is 4.57. The number of aromatic nitrogens is 1. The summed E-state index contributed by atoms with van der Waals surface area (Å²) in [5, 5.41) is 15.0. The molecule has 1 aliphatic rings. The van der Waals surface area contributed by atoms with Crippen LogP contribution in [0.3, 0.4) is 0 Å². The molecule has 1 aliphatic carbocycles. The molecular formula is C20H26ClN3O2. The number of carbonyl (C=O) groups is 1. The summed E-state index contributed by atoms with van der Waals surface area (Å²) in [5.41, 5.74) is 3.70. The summed E-state index contributed by atoms with van der Waals surface area (Å²) in [6.45, 7) is 6.30. The Kier molecular flexibility index (Phi) is 7.42. The Morgan fingerprint density at radius 1 is 1.35 bits per heavy atom. The van der Waals surface area contributed by atoms with Crippen molar-refractivity contribution in [2.75, 3.05) is 5.32 Å². The lowest BCUT2D eigenvalue weighted by molar-refractivity contribution is -0.134. The number of carboxylic acids is 1. The first-order valence-electron chi connectivity index (χ1n) is 8.79. The van der Waals surface area contributed by atoms with E-state index in [0.717, 1.165) is 30.0 Å². The van der Waals surface area contributed by atoms with Crippen molar-refractivity contribution in [3.05, 3.63) is 52.7 Å². The first-order chi connectivity index (χ1) is 12.3. The molecule has 3 N–H and O–H groups in total. The molecule has 0 spiro atoms. The summed E-state index contributed by atoms with van der Waals surface area (Å²) >= 11 is 6.03. The van der Waals surface area contributed by atoms with Gasteiger partial charge in [0.05, 0.1) is 0 Å². The third-order valence-electron chi connectivity index (χ3n) is 3.84. The van der Waals surface area contributed by atoms with Gasteiger partial charge in [0.1, 0.15) is 5.82 Å². The normalized spacial score (nSPS) is 13.1. The zero-order chi connectivity index (χ0) is 19.1. The topological polar surface area (TPSA) is 74.2 Å². The Labute approximate surface area is 159 Å². The van der Waals surface area contributed by atoms with Gasteiger partial charge in [-0.05, 0) is 54.2 Å². The number of halogens is 1. The van der Waals surface area contributed by atoms with Gasteiger partial charge in [-0.15, -0.1) is 0 Å². The van der Waals surface area contributed by atoms with Crippen molar-refractivity contribution in [3.63, 3.8) is 0 Å². The van der Waals surface area contributed by atoms with Crippen molar-refractivity contribution >= 4 is 29.1 Å². The third kappa shape index (κ3) is 7.02. The van der Waals surface area contributed by atoms with Gasteiger partial charge in [0.25, 0.3) is 5.97 Å². The largest absolute Gasteiger partial charge is 0.481 e. The number of rotatable bonds is 6. The highest BCUT2D eigenvalue weighted by Crippen LogP contribution is 2.42. The lowest BCUT2D eigenvalue weighted by Crippen LogP contribution is -2.22. The van der Waals surface area contributed by atoms with Crippen LogP contribution in [0.25, 0.3) is 0 Å².